The van der Waals surface area contributed by atoms with E-state index >= 15 is 0 Å². The highest BCUT2D eigenvalue weighted by Crippen LogP contribution is 2.28. The zero-order valence-corrected chi connectivity index (χ0v) is 14.5. The van der Waals surface area contributed by atoms with E-state index in [4.69, 9.17) is 9.47 Å². The number of nitrogens with one attached hydrogen (secondary N) is 1. The SMILES string of the molecule is COC(=O)c1ccc(OCC(=O)N[C@H]2CCCC[C@@H]2C)c(OC)c1. The number of hydrogen-bond donors (Lipinski definition) is 1. The van der Waals surface area contributed by atoms with Gasteiger partial charge in [0.05, 0.1) is 19.8 Å². The summed E-state index contributed by atoms with van der Waals surface area (Å²) < 4.78 is 15.4. The summed E-state index contributed by atoms with van der Waals surface area (Å²) in [5, 5.41) is 3.04. The molecule has 0 spiro atoms. The van der Waals surface area contributed by atoms with E-state index in [1.807, 2.05) is 0 Å². The molecule has 6 nitrogen and oxygen atoms in total. The van der Waals surface area contributed by atoms with Crippen LogP contribution in [0.15, 0.2) is 18.2 Å². The van der Waals surface area contributed by atoms with E-state index in [2.05, 4.69) is 17.0 Å². The van der Waals surface area contributed by atoms with Gasteiger partial charge in [0.15, 0.2) is 18.1 Å². The summed E-state index contributed by atoms with van der Waals surface area (Å²) in [6, 6.07) is 4.92. The molecule has 0 heterocycles. The highest BCUT2D eigenvalue weighted by atomic mass is 16.5. The Kier molecular flexibility index (Phi) is 6.46. The Hall–Kier alpha value is -2.24. The quantitative estimate of drug-likeness (QED) is 0.809. The fourth-order valence-electron chi connectivity index (χ4n) is 2.95. The topological polar surface area (TPSA) is 73.9 Å². The molecule has 0 bridgehead atoms. The number of ether oxygens (including phenoxy) is 3. The lowest BCUT2D eigenvalue weighted by atomic mass is 9.86. The molecule has 1 aliphatic carbocycles. The Labute approximate surface area is 142 Å². The van der Waals surface area contributed by atoms with Crippen molar-refractivity contribution in [2.75, 3.05) is 20.8 Å². The van der Waals surface area contributed by atoms with Gasteiger partial charge in [0, 0.05) is 6.04 Å². The molecule has 0 unspecified atom stereocenters. The van der Waals surface area contributed by atoms with Crippen LogP contribution in [0.2, 0.25) is 0 Å². The Balaban J connectivity index is 1.93. The molecule has 2 rings (SSSR count). The first-order chi connectivity index (χ1) is 11.5. The van der Waals surface area contributed by atoms with Gasteiger partial charge < -0.3 is 19.5 Å². The predicted octanol–water partition coefficient (Wildman–Crippen LogP) is 2.56. The van der Waals surface area contributed by atoms with Crippen LogP contribution in [0, 0.1) is 5.92 Å². The fraction of sp³-hybridized carbons (Fsp3) is 0.556. The molecular weight excluding hydrogens is 310 g/mol. The van der Waals surface area contributed by atoms with Gasteiger partial charge in [-0.3, -0.25) is 4.79 Å². The second kappa shape index (κ2) is 8.57. The summed E-state index contributed by atoms with van der Waals surface area (Å²) in [4.78, 5) is 23.6. The molecule has 1 amide bonds. The maximum absolute atomic E-state index is 12.1. The van der Waals surface area contributed by atoms with Crippen LogP contribution in [0.25, 0.3) is 0 Å². The third-order valence-corrected chi connectivity index (χ3v) is 4.40. The molecule has 24 heavy (non-hydrogen) atoms. The van der Waals surface area contributed by atoms with Gasteiger partial charge >= 0.3 is 5.97 Å². The van der Waals surface area contributed by atoms with E-state index in [1.54, 1.807) is 12.1 Å². The lowest BCUT2D eigenvalue weighted by Gasteiger charge is -2.29. The van der Waals surface area contributed by atoms with Crippen molar-refractivity contribution in [1.29, 1.82) is 0 Å². The first-order valence-electron chi connectivity index (χ1n) is 8.23. The summed E-state index contributed by atoms with van der Waals surface area (Å²) >= 11 is 0. The normalized spacial score (nSPS) is 20.1. The van der Waals surface area contributed by atoms with Crippen LogP contribution in [0.3, 0.4) is 0 Å². The minimum atomic E-state index is -0.455. The number of methoxy groups -OCH3 is 2. The molecule has 0 aliphatic heterocycles. The smallest absolute Gasteiger partial charge is 0.337 e. The highest BCUT2D eigenvalue weighted by Gasteiger charge is 2.23. The third kappa shape index (κ3) is 4.63. The van der Waals surface area contributed by atoms with Gasteiger partial charge in [-0.2, -0.15) is 0 Å². The van der Waals surface area contributed by atoms with Crippen molar-refractivity contribution >= 4 is 11.9 Å². The lowest BCUT2D eigenvalue weighted by molar-refractivity contribution is -0.124. The number of benzene rings is 1. The maximum atomic E-state index is 12.1. The van der Waals surface area contributed by atoms with E-state index in [0.29, 0.717) is 23.0 Å². The summed E-state index contributed by atoms with van der Waals surface area (Å²) in [5.41, 5.74) is 0.363. The zero-order valence-electron chi connectivity index (χ0n) is 14.5. The Morgan fingerprint density at radius 1 is 1.17 bits per heavy atom. The molecule has 0 radical (unpaired) electrons. The maximum Gasteiger partial charge on any atom is 0.337 e. The molecule has 1 fully saturated rings. The first-order valence-corrected chi connectivity index (χ1v) is 8.23. The molecular formula is C18H25NO5. The minimum absolute atomic E-state index is 0.0862. The number of amides is 1. The second-order valence-electron chi connectivity index (χ2n) is 6.08. The Morgan fingerprint density at radius 2 is 1.92 bits per heavy atom. The molecule has 132 valence electrons. The minimum Gasteiger partial charge on any atom is -0.493 e. The predicted molar refractivity (Wildman–Crippen MR) is 89.4 cm³/mol. The van der Waals surface area contributed by atoms with Crippen molar-refractivity contribution in [2.24, 2.45) is 5.92 Å². The van der Waals surface area contributed by atoms with Gasteiger partial charge in [0.2, 0.25) is 0 Å². The number of hydrogen-bond acceptors (Lipinski definition) is 5. The molecule has 1 aliphatic rings. The van der Waals surface area contributed by atoms with Crippen LogP contribution in [-0.2, 0) is 9.53 Å². The van der Waals surface area contributed by atoms with Gasteiger partial charge in [0.25, 0.3) is 5.91 Å². The van der Waals surface area contributed by atoms with E-state index < -0.39 is 5.97 Å². The standard InChI is InChI=1S/C18H25NO5/c1-12-6-4-5-7-14(12)19-17(20)11-24-15-9-8-13(18(21)23-3)10-16(15)22-2/h8-10,12,14H,4-7,11H2,1-3H3,(H,19,20)/t12-,14-/m0/s1. The van der Waals surface area contributed by atoms with Crippen molar-refractivity contribution < 1.29 is 23.8 Å². The van der Waals surface area contributed by atoms with Gasteiger partial charge in [-0.25, -0.2) is 4.79 Å². The van der Waals surface area contributed by atoms with Crippen LogP contribution in [0.4, 0.5) is 0 Å². The summed E-state index contributed by atoms with van der Waals surface area (Å²) in [5.74, 6) is 0.696. The van der Waals surface area contributed by atoms with Crippen LogP contribution in [-0.4, -0.2) is 38.7 Å². The highest BCUT2D eigenvalue weighted by molar-refractivity contribution is 5.90. The van der Waals surface area contributed by atoms with E-state index in [9.17, 15) is 9.59 Å². The summed E-state index contributed by atoms with van der Waals surface area (Å²) in [7, 11) is 2.79. The van der Waals surface area contributed by atoms with Crippen molar-refractivity contribution in [3.63, 3.8) is 0 Å². The molecule has 6 heteroatoms. The molecule has 1 N–H and O–H groups in total. The van der Waals surface area contributed by atoms with Gasteiger partial charge in [-0.05, 0) is 37.0 Å². The number of carbonyl (C=O) groups is 2. The third-order valence-electron chi connectivity index (χ3n) is 4.40. The van der Waals surface area contributed by atoms with Gasteiger partial charge in [0.1, 0.15) is 0 Å². The van der Waals surface area contributed by atoms with Gasteiger partial charge in [-0.15, -0.1) is 0 Å². The van der Waals surface area contributed by atoms with E-state index in [0.717, 1.165) is 19.3 Å². The Bertz CT molecular complexity index is 587. The van der Waals surface area contributed by atoms with Crippen molar-refractivity contribution in [3.8, 4) is 11.5 Å². The largest absolute Gasteiger partial charge is 0.493 e. The lowest BCUT2D eigenvalue weighted by Crippen LogP contribution is -2.43. The van der Waals surface area contributed by atoms with Crippen LogP contribution >= 0.6 is 0 Å². The van der Waals surface area contributed by atoms with E-state index in [-0.39, 0.29) is 18.6 Å². The van der Waals surface area contributed by atoms with Crippen LogP contribution in [0.1, 0.15) is 43.0 Å². The summed E-state index contributed by atoms with van der Waals surface area (Å²) in [6.07, 6.45) is 4.55. The summed E-state index contributed by atoms with van der Waals surface area (Å²) in [6.45, 7) is 2.08. The molecule has 1 saturated carbocycles. The first kappa shape index (κ1) is 18.1. The zero-order chi connectivity index (χ0) is 17.5. The molecule has 1 aromatic rings. The van der Waals surface area contributed by atoms with Crippen molar-refractivity contribution in [3.05, 3.63) is 23.8 Å². The van der Waals surface area contributed by atoms with Gasteiger partial charge in [-0.1, -0.05) is 19.8 Å². The van der Waals surface area contributed by atoms with Crippen LogP contribution < -0.4 is 14.8 Å². The fourth-order valence-corrected chi connectivity index (χ4v) is 2.95. The molecule has 0 aromatic heterocycles. The number of esters is 1. The number of rotatable bonds is 6. The average Bonchev–Trinajstić information content (AvgIpc) is 2.61. The molecule has 0 saturated heterocycles. The van der Waals surface area contributed by atoms with Crippen molar-refractivity contribution in [2.45, 2.75) is 38.6 Å². The molecule has 2 atom stereocenters. The second-order valence-corrected chi connectivity index (χ2v) is 6.08. The van der Waals surface area contributed by atoms with E-state index in [1.165, 1.54) is 26.7 Å². The molecule has 1 aromatic carbocycles. The number of carbonyl (C=O) groups excluding carboxylic acids is 2. The Morgan fingerprint density at radius 3 is 2.58 bits per heavy atom. The monoisotopic (exact) mass is 335 g/mol. The van der Waals surface area contributed by atoms with Crippen molar-refractivity contribution in [1.82, 2.24) is 5.32 Å². The van der Waals surface area contributed by atoms with Crippen LogP contribution in [0.5, 0.6) is 11.5 Å². The average molecular weight is 335 g/mol.